The second-order valence-electron chi connectivity index (χ2n) is 2.24. The molecule has 5 heteroatoms. The molecule has 0 aromatic heterocycles. The zero-order valence-corrected chi connectivity index (χ0v) is 9.61. The summed E-state index contributed by atoms with van der Waals surface area (Å²) < 4.78 is 28.8. The molecule has 0 radical (unpaired) electrons. The van der Waals surface area contributed by atoms with Crippen LogP contribution in [0.25, 0.3) is 0 Å². The maximum atomic E-state index is 12.0. The third kappa shape index (κ3) is 2.91. The predicted octanol–water partition coefficient (Wildman–Crippen LogP) is 3.95. The molecule has 72 valence electrons. The first-order valence-electron chi connectivity index (χ1n) is 3.43. The van der Waals surface area contributed by atoms with Crippen LogP contribution in [0, 0.1) is 0 Å². The van der Waals surface area contributed by atoms with Crippen LogP contribution >= 0.6 is 31.9 Å². The predicted molar refractivity (Wildman–Crippen MR) is 53.4 cm³/mol. The molecule has 0 saturated heterocycles. The molecule has 1 nitrogen and oxygen atoms in total. The van der Waals surface area contributed by atoms with Crippen LogP contribution < -0.4 is 4.74 Å². The highest BCUT2D eigenvalue weighted by atomic mass is 79.9. The number of hydrogen-bond acceptors (Lipinski definition) is 1. The van der Waals surface area contributed by atoms with Gasteiger partial charge in [-0.25, -0.2) is 0 Å². The Kier molecular flexibility index (Phi) is 4.12. The molecule has 0 aliphatic rings. The first kappa shape index (κ1) is 10.9. The van der Waals surface area contributed by atoms with Gasteiger partial charge < -0.3 is 4.74 Å². The highest BCUT2D eigenvalue weighted by molar-refractivity contribution is 9.10. The molecule has 0 amide bonds. The SMILES string of the molecule is FC(F)Oc1c(Br)cccc1CBr. The summed E-state index contributed by atoms with van der Waals surface area (Å²) in [5.41, 5.74) is 0.690. The molecule has 13 heavy (non-hydrogen) atoms. The molecule has 1 rings (SSSR count). The molecular weight excluding hydrogens is 310 g/mol. The third-order valence-corrected chi connectivity index (χ3v) is 2.63. The van der Waals surface area contributed by atoms with Gasteiger partial charge in [0.1, 0.15) is 5.75 Å². The van der Waals surface area contributed by atoms with E-state index in [1.165, 1.54) is 0 Å². The van der Waals surface area contributed by atoms with Crippen LogP contribution in [0.1, 0.15) is 5.56 Å². The van der Waals surface area contributed by atoms with E-state index in [0.717, 1.165) is 0 Å². The molecule has 0 unspecified atom stereocenters. The Morgan fingerprint density at radius 2 is 2.08 bits per heavy atom. The number of para-hydroxylation sites is 1. The van der Waals surface area contributed by atoms with E-state index in [2.05, 4.69) is 36.6 Å². The Morgan fingerprint density at radius 1 is 1.38 bits per heavy atom. The highest BCUT2D eigenvalue weighted by Crippen LogP contribution is 2.31. The van der Waals surface area contributed by atoms with Crippen LogP contribution in [0.5, 0.6) is 5.75 Å². The zero-order chi connectivity index (χ0) is 9.84. The second-order valence-corrected chi connectivity index (χ2v) is 3.66. The Morgan fingerprint density at radius 3 is 2.62 bits per heavy atom. The van der Waals surface area contributed by atoms with Gasteiger partial charge in [-0.15, -0.1) is 0 Å². The Labute approximate surface area is 91.3 Å². The number of ether oxygens (including phenoxy) is 1. The van der Waals surface area contributed by atoms with Gasteiger partial charge in [-0.2, -0.15) is 8.78 Å². The van der Waals surface area contributed by atoms with E-state index in [1.54, 1.807) is 18.2 Å². The molecule has 0 aliphatic heterocycles. The third-order valence-electron chi connectivity index (χ3n) is 1.40. The fourth-order valence-electron chi connectivity index (χ4n) is 0.880. The Balaban J connectivity index is 3.00. The van der Waals surface area contributed by atoms with Gasteiger partial charge in [0.05, 0.1) is 4.47 Å². The molecule has 0 fully saturated rings. The minimum absolute atomic E-state index is 0.189. The van der Waals surface area contributed by atoms with Crippen LogP contribution in [-0.2, 0) is 5.33 Å². The van der Waals surface area contributed by atoms with Crippen LogP contribution in [0.15, 0.2) is 22.7 Å². The lowest BCUT2D eigenvalue weighted by molar-refractivity contribution is -0.0508. The van der Waals surface area contributed by atoms with Crippen molar-refractivity contribution >= 4 is 31.9 Å². The molecule has 0 N–H and O–H groups in total. The van der Waals surface area contributed by atoms with Crippen molar-refractivity contribution < 1.29 is 13.5 Å². The molecule has 1 aromatic carbocycles. The molecule has 1 aromatic rings. The fraction of sp³-hybridized carbons (Fsp3) is 0.250. The van der Waals surface area contributed by atoms with Crippen molar-refractivity contribution in [3.8, 4) is 5.75 Å². The van der Waals surface area contributed by atoms with Gasteiger partial charge >= 0.3 is 6.61 Å². The van der Waals surface area contributed by atoms with E-state index in [0.29, 0.717) is 15.4 Å². The van der Waals surface area contributed by atoms with Gasteiger partial charge in [0.25, 0.3) is 0 Å². The summed E-state index contributed by atoms with van der Waals surface area (Å²) in [7, 11) is 0. The van der Waals surface area contributed by atoms with Crippen LogP contribution in [0.2, 0.25) is 0 Å². The largest absolute Gasteiger partial charge is 0.433 e. The highest BCUT2D eigenvalue weighted by Gasteiger charge is 2.11. The van der Waals surface area contributed by atoms with Crippen molar-refractivity contribution in [1.82, 2.24) is 0 Å². The van der Waals surface area contributed by atoms with E-state index in [1.807, 2.05) is 0 Å². The van der Waals surface area contributed by atoms with Gasteiger partial charge in [-0.1, -0.05) is 28.1 Å². The summed E-state index contributed by atoms with van der Waals surface area (Å²) in [5, 5.41) is 0.481. The Hall–Kier alpha value is -0.160. The van der Waals surface area contributed by atoms with Gasteiger partial charge in [0.2, 0.25) is 0 Å². The molecule has 0 spiro atoms. The first-order valence-corrected chi connectivity index (χ1v) is 5.34. The van der Waals surface area contributed by atoms with E-state index in [4.69, 9.17) is 0 Å². The van der Waals surface area contributed by atoms with Crippen molar-refractivity contribution in [1.29, 1.82) is 0 Å². The summed E-state index contributed by atoms with van der Waals surface area (Å²) in [5.74, 6) is 0.189. The normalized spacial score (nSPS) is 10.5. The number of rotatable bonds is 3. The zero-order valence-electron chi connectivity index (χ0n) is 6.44. The minimum atomic E-state index is -2.79. The molecule has 0 aliphatic carbocycles. The van der Waals surface area contributed by atoms with E-state index in [-0.39, 0.29) is 5.75 Å². The fourth-order valence-corrected chi connectivity index (χ4v) is 1.82. The van der Waals surface area contributed by atoms with E-state index < -0.39 is 6.61 Å². The number of alkyl halides is 3. The maximum Gasteiger partial charge on any atom is 0.387 e. The van der Waals surface area contributed by atoms with Gasteiger partial charge in [-0.3, -0.25) is 0 Å². The summed E-state index contributed by atoms with van der Waals surface area (Å²) >= 11 is 6.32. The summed E-state index contributed by atoms with van der Waals surface area (Å²) in [6.45, 7) is -2.79. The van der Waals surface area contributed by atoms with Crippen molar-refractivity contribution in [2.24, 2.45) is 0 Å². The molecule has 0 atom stereocenters. The number of benzene rings is 1. The van der Waals surface area contributed by atoms with Gasteiger partial charge in [-0.05, 0) is 22.0 Å². The van der Waals surface area contributed by atoms with Gasteiger partial charge in [0.15, 0.2) is 0 Å². The van der Waals surface area contributed by atoms with E-state index in [9.17, 15) is 8.78 Å². The van der Waals surface area contributed by atoms with Crippen LogP contribution in [0.3, 0.4) is 0 Å². The first-order chi connectivity index (χ1) is 6.15. The molecular formula is C8H6Br2F2O. The monoisotopic (exact) mass is 314 g/mol. The van der Waals surface area contributed by atoms with E-state index >= 15 is 0 Å². The van der Waals surface area contributed by atoms with Crippen molar-refractivity contribution in [2.75, 3.05) is 0 Å². The number of hydrogen-bond donors (Lipinski definition) is 0. The van der Waals surface area contributed by atoms with Crippen LogP contribution in [-0.4, -0.2) is 6.61 Å². The quantitative estimate of drug-likeness (QED) is 0.768. The summed E-state index contributed by atoms with van der Waals surface area (Å²) in [6, 6.07) is 5.14. The average molecular weight is 316 g/mol. The topological polar surface area (TPSA) is 9.23 Å². The lowest BCUT2D eigenvalue weighted by atomic mass is 10.2. The summed E-state index contributed by atoms with van der Waals surface area (Å²) in [6.07, 6.45) is 0. The lowest BCUT2D eigenvalue weighted by Gasteiger charge is -2.10. The number of halogens is 4. The van der Waals surface area contributed by atoms with Crippen molar-refractivity contribution in [3.05, 3.63) is 28.2 Å². The molecule has 0 saturated carbocycles. The maximum absolute atomic E-state index is 12.0. The van der Waals surface area contributed by atoms with Crippen molar-refractivity contribution in [2.45, 2.75) is 11.9 Å². The minimum Gasteiger partial charge on any atom is -0.433 e. The average Bonchev–Trinajstić information content (AvgIpc) is 2.08. The second kappa shape index (κ2) is 4.91. The molecule has 0 heterocycles. The lowest BCUT2D eigenvalue weighted by Crippen LogP contribution is -2.04. The standard InChI is InChI=1S/C8H6Br2F2O/c9-4-5-2-1-3-6(10)7(5)13-8(11)12/h1-3,8H,4H2. The van der Waals surface area contributed by atoms with Crippen LogP contribution in [0.4, 0.5) is 8.78 Å². The van der Waals surface area contributed by atoms with Gasteiger partial charge in [0, 0.05) is 10.9 Å². The molecule has 0 bridgehead atoms. The summed E-state index contributed by atoms with van der Waals surface area (Å²) in [4.78, 5) is 0. The Bertz CT molecular complexity index is 291. The smallest absolute Gasteiger partial charge is 0.387 e. The van der Waals surface area contributed by atoms with Crippen molar-refractivity contribution in [3.63, 3.8) is 0 Å².